The van der Waals surface area contributed by atoms with E-state index < -0.39 is 50.1 Å². The Kier molecular flexibility index (Phi) is 6.15. The number of ketones is 1. The molecule has 146 valence electrons. The third-order valence-corrected chi connectivity index (χ3v) is 6.61. The molecule has 0 bridgehead atoms. The molecule has 0 radical (unpaired) electrons. The number of rotatable bonds is 7. The van der Waals surface area contributed by atoms with Gasteiger partial charge in [-0.15, -0.1) is 0 Å². The van der Waals surface area contributed by atoms with Gasteiger partial charge in [-0.3, -0.25) is 19.7 Å². The highest BCUT2D eigenvalue weighted by atomic mass is 32.2. The molecule has 1 aromatic rings. The van der Waals surface area contributed by atoms with Crippen LogP contribution in [0.1, 0.15) is 32.3 Å². The molecule has 0 fully saturated rings. The molecule has 0 aromatic heterocycles. The van der Waals surface area contributed by atoms with Crippen LogP contribution < -0.4 is 0 Å². The van der Waals surface area contributed by atoms with Crippen LogP contribution in [-0.4, -0.2) is 43.5 Å². The van der Waals surface area contributed by atoms with Crippen LogP contribution in [0.15, 0.2) is 40.8 Å². The Hall–Kier alpha value is -2.55. The van der Waals surface area contributed by atoms with E-state index in [1.807, 2.05) is 0 Å². The van der Waals surface area contributed by atoms with E-state index in [0.29, 0.717) is 5.56 Å². The lowest BCUT2D eigenvalue weighted by molar-refractivity contribution is -0.505. The van der Waals surface area contributed by atoms with Crippen molar-refractivity contribution in [3.63, 3.8) is 0 Å². The van der Waals surface area contributed by atoms with E-state index in [2.05, 4.69) is 0 Å². The maximum atomic E-state index is 12.8. The number of sulfone groups is 1. The second-order valence-corrected chi connectivity index (χ2v) is 8.36. The maximum Gasteiger partial charge on any atom is 0.317 e. The number of esters is 1. The largest absolute Gasteiger partial charge is 0.465 e. The second-order valence-electron chi connectivity index (χ2n) is 6.36. The first-order chi connectivity index (χ1) is 12.6. The number of ether oxygens (including phenoxy) is 1. The molecule has 3 atom stereocenters. The minimum absolute atomic E-state index is 0.0203. The monoisotopic (exact) mass is 395 g/mol. The van der Waals surface area contributed by atoms with Crippen molar-refractivity contribution in [2.45, 2.75) is 32.7 Å². The molecule has 0 spiro atoms. The van der Waals surface area contributed by atoms with Gasteiger partial charge in [-0.2, -0.15) is 0 Å². The number of benzene rings is 1. The van der Waals surface area contributed by atoms with Crippen molar-refractivity contribution in [1.29, 1.82) is 0 Å². The first-order valence-electron chi connectivity index (χ1n) is 8.40. The van der Waals surface area contributed by atoms with E-state index in [9.17, 15) is 28.1 Å². The summed E-state index contributed by atoms with van der Waals surface area (Å²) < 4.78 is 30.6. The Labute approximate surface area is 157 Å². The molecule has 0 amide bonds. The SMILES string of the molecule is CCOC(=O)[C@H](C(C)=O)[C@@H](C1=C(C)[C@@H]([N+](=O)[O-])CS1(=O)=O)c1ccccc1. The molecule has 0 saturated carbocycles. The Bertz CT molecular complexity index is 890. The highest BCUT2D eigenvalue weighted by Gasteiger charge is 2.50. The van der Waals surface area contributed by atoms with Crippen molar-refractivity contribution in [2.75, 3.05) is 12.4 Å². The van der Waals surface area contributed by atoms with Crippen LogP contribution in [0, 0.1) is 16.0 Å². The fourth-order valence-electron chi connectivity index (χ4n) is 3.41. The van der Waals surface area contributed by atoms with Crippen molar-refractivity contribution < 1.29 is 27.7 Å². The summed E-state index contributed by atoms with van der Waals surface area (Å²) >= 11 is 0. The zero-order valence-corrected chi connectivity index (χ0v) is 16.1. The lowest BCUT2D eigenvalue weighted by atomic mass is 9.81. The quantitative estimate of drug-likeness (QED) is 0.299. The summed E-state index contributed by atoms with van der Waals surface area (Å²) in [5.41, 5.74) is 0.456. The summed E-state index contributed by atoms with van der Waals surface area (Å²) in [7, 11) is -4.03. The highest BCUT2D eigenvalue weighted by Crippen LogP contribution is 2.43. The molecule has 0 saturated heterocycles. The molecule has 0 unspecified atom stereocenters. The molecule has 1 aliphatic rings. The van der Waals surface area contributed by atoms with E-state index in [1.54, 1.807) is 37.3 Å². The average Bonchev–Trinajstić information content (AvgIpc) is 2.83. The molecule has 9 heteroatoms. The number of carbonyl (C=O) groups excluding carboxylic acids is 2. The summed E-state index contributed by atoms with van der Waals surface area (Å²) in [6, 6.07) is 6.79. The van der Waals surface area contributed by atoms with E-state index in [-0.39, 0.29) is 17.1 Å². The number of hydrogen-bond donors (Lipinski definition) is 0. The number of nitrogens with zero attached hydrogens (tertiary/aromatic N) is 1. The number of hydrogen-bond acceptors (Lipinski definition) is 7. The predicted octanol–water partition coefficient (Wildman–Crippen LogP) is 1.89. The van der Waals surface area contributed by atoms with Crippen molar-refractivity contribution in [3.05, 3.63) is 56.5 Å². The predicted molar refractivity (Wildman–Crippen MR) is 97.3 cm³/mol. The van der Waals surface area contributed by atoms with E-state index in [1.165, 1.54) is 13.8 Å². The Balaban J connectivity index is 2.75. The van der Waals surface area contributed by atoms with Gasteiger partial charge in [0.2, 0.25) is 6.04 Å². The van der Waals surface area contributed by atoms with Crippen LogP contribution in [0.2, 0.25) is 0 Å². The first kappa shape index (κ1) is 20.8. The molecule has 1 aliphatic heterocycles. The van der Waals surface area contributed by atoms with Gasteiger partial charge >= 0.3 is 5.97 Å². The Morgan fingerprint density at radius 1 is 1.30 bits per heavy atom. The minimum atomic E-state index is -4.03. The average molecular weight is 395 g/mol. The van der Waals surface area contributed by atoms with Crippen molar-refractivity contribution in [2.24, 2.45) is 5.92 Å². The van der Waals surface area contributed by atoms with E-state index >= 15 is 0 Å². The zero-order chi connectivity index (χ0) is 20.4. The smallest absolute Gasteiger partial charge is 0.317 e. The van der Waals surface area contributed by atoms with Gasteiger partial charge in [0.15, 0.2) is 9.84 Å². The van der Waals surface area contributed by atoms with Gasteiger partial charge in [0.25, 0.3) is 0 Å². The Morgan fingerprint density at radius 2 is 1.89 bits per heavy atom. The summed E-state index contributed by atoms with van der Waals surface area (Å²) in [5.74, 6) is -4.67. The van der Waals surface area contributed by atoms with Crippen LogP contribution >= 0.6 is 0 Å². The van der Waals surface area contributed by atoms with E-state index in [0.717, 1.165) is 0 Å². The maximum absolute atomic E-state index is 12.8. The fraction of sp³-hybridized carbons (Fsp3) is 0.444. The molecule has 1 aromatic carbocycles. The summed E-state index contributed by atoms with van der Waals surface area (Å²) in [5, 5.41) is 11.3. The number of nitro groups is 1. The van der Waals surface area contributed by atoms with Gasteiger partial charge in [0.05, 0.1) is 11.5 Å². The third-order valence-electron chi connectivity index (χ3n) is 4.61. The van der Waals surface area contributed by atoms with Gasteiger partial charge < -0.3 is 4.74 Å². The summed E-state index contributed by atoms with van der Waals surface area (Å²) in [4.78, 5) is 35.2. The summed E-state index contributed by atoms with van der Waals surface area (Å²) in [6.45, 7) is 4.14. The van der Waals surface area contributed by atoms with Crippen molar-refractivity contribution in [3.8, 4) is 0 Å². The van der Waals surface area contributed by atoms with Gasteiger partial charge in [0, 0.05) is 16.4 Å². The number of Topliss-reactive ketones (excluding diaryl/α,β-unsaturated/α-hetero) is 1. The molecule has 27 heavy (non-hydrogen) atoms. The van der Waals surface area contributed by atoms with Crippen molar-refractivity contribution in [1.82, 2.24) is 0 Å². The highest BCUT2D eigenvalue weighted by molar-refractivity contribution is 7.95. The molecule has 2 rings (SSSR count). The van der Waals surface area contributed by atoms with Crippen molar-refractivity contribution >= 4 is 21.6 Å². The number of carbonyl (C=O) groups is 2. The molecule has 8 nitrogen and oxygen atoms in total. The first-order valence-corrected chi connectivity index (χ1v) is 10.1. The van der Waals surface area contributed by atoms with Crippen LogP contribution in [0.3, 0.4) is 0 Å². The van der Waals surface area contributed by atoms with Gasteiger partial charge in [-0.1, -0.05) is 30.3 Å². The molecular formula is C18H21NO7S. The van der Waals surface area contributed by atoms with Gasteiger partial charge in [-0.05, 0) is 26.3 Å². The van der Waals surface area contributed by atoms with Gasteiger partial charge in [-0.25, -0.2) is 8.42 Å². The standard InChI is InChI=1S/C18H21NO7S/c1-4-26-18(21)15(12(3)20)16(13-8-6-5-7-9-13)17-11(2)14(19(22)23)10-27(17,24)25/h5-9,14-16H,4,10H2,1-3H3/t14-,15+,16-/m0/s1. The lowest BCUT2D eigenvalue weighted by Crippen LogP contribution is -2.33. The normalized spacial score (nSPS) is 20.8. The fourth-order valence-corrected chi connectivity index (χ4v) is 5.67. The van der Waals surface area contributed by atoms with Crippen LogP contribution in [-0.2, 0) is 24.2 Å². The van der Waals surface area contributed by atoms with E-state index in [4.69, 9.17) is 4.74 Å². The lowest BCUT2D eigenvalue weighted by Gasteiger charge is -2.25. The van der Waals surface area contributed by atoms with Crippen LogP contribution in [0.4, 0.5) is 0 Å². The molecule has 0 N–H and O–H groups in total. The Morgan fingerprint density at radius 3 is 2.33 bits per heavy atom. The molecule has 1 heterocycles. The second kappa shape index (κ2) is 7.99. The minimum Gasteiger partial charge on any atom is -0.465 e. The van der Waals surface area contributed by atoms with Crippen LogP contribution in [0.25, 0.3) is 0 Å². The third kappa shape index (κ3) is 4.08. The number of allylic oxidation sites excluding steroid dienone is 1. The topological polar surface area (TPSA) is 121 Å². The van der Waals surface area contributed by atoms with Crippen LogP contribution in [0.5, 0.6) is 0 Å². The molecule has 0 aliphatic carbocycles. The summed E-state index contributed by atoms with van der Waals surface area (Å²) in [6.07, 6.45) is 0. The zero-order valence-electron chi connectivity index (χ0n) is 15.2. The molecular weight excluding hydrogens is 374 g/mol. The van der Waals surface area contributed by atoms with Gasteiger partial charge in [0.1, 0.15) is 17.5 Å².